The Bertz CT molecular complexity index is 155. The van der Waals surface area contributed by atoms with Gasteiger partial charge in [0.15, 0.2) is 0 Å². The van der Waals surface area contributed by atoms with E-state index >= 15 is 0 Å². The number of hydrogen-bond acceptors (Lipinski definition) is 1. The summed E-state index contributed by atoms with van der Waals surface area (Å²) in [5, 5.41) is 3.57. The van der Waals surface area contributed by atoms with E-state index in [9.17, 15) is 0 Å². The standard InChI is InChI=1S/C16H35N.3ClH.Ti/c1-3-5-7-9-11-13-15-17-16-14-12-10-8-6-4-2;;;;/h17H,3-16H2,1-2H3;3*1H;/q;;;;+3/p-3. The topological polar surface area (TPSA) is 12.0 Å². The molecule has 0 aliphatic heterocycles. The van der Waals surface area contributed by atoms with Gasteiger partial charge < -0.3 is 5.32 Å². The fraction of sp³-hybridized carbons (Fsp3) is 1.00. The molecule has 5 heteroatoms. The molecule has 0 spiro atoms. The van der Waals surface area contributed by atoms with Gasteiger partial charge in [-0.2, -0.15) is 0 Å². The van der Waals surface area contributed by atoms with Crippen LogP contribution in [0.5, 0.6) is 0 Å². The number of rotatable bonds is 14. The monoisotopic (exact) mass is 394 g/mol. The van der Waals surface area contributed by atoms with E-state index in [1.54, 1.807) is 0 Å². The Morgan fingerprint density at radius 1 is 0.571 bits per heavy atom. The van der Waals surface area contributed by atoms with E-state index in [1.807, 2.05) is 0 Å². The molecule has 0 fully saturated rings. The van der Waals surface area contributed by atoms with Crippen LogP contribution in [0.25, 0.3) is 0 Å². The predicted molar refractivity (Wildman–Crippen MR) is 97.2 cm³/mol. The first-order valence-corrected chi connectivity index (χ1v) is 15.1. The molecule has 0 aliphatic carbocycles. The van der Waals surface area contributed by atoms with Crippen LogP contribution in [0.2, 0.25) is 0 Å². The van der Waals surface area contributed by atoms with Crippen molar-refractivity contribution in [3.63, 3.8) is 0 Å². The Balaban J connectivity index is 0. The second-order valence-electron chi connectivity index (χ2n) is 5.50. The number of unbranched alkanes of at least 4 members (excludes halogenated alkanes) is 10. The van der Waals surface area contributed by atoms with E-state index in [2.05, 4.69) is 19.2 Å². The summed E-state index contributed by atoms with van der Waals surface area (Å²) in [7, 11) is 14.9. The molecule has 0 saturated carbocycles. The number of hydrogen-bond donors (Lipinski definition) is 1. The van der Waals surface area contributed by atoms with Crippen LogP contribution in [0.3, 0.4) is 0 Å². The molecule has 1 N–H and O–H groups in total. The molecular formula is C16H35Cl3NTi. The van der Waals surface area contributed by atoms with Gasteiger partial charge in [-0.05, 0) is 25.9 Å². The summed E-state index contributed by atoms with van der Waals surface area (Å²) in [6, 6.07) is 0. The SMILES string of the molecule is CCCCCCCCNCCCCCCCC.[Cl][Ti]([Cl])[Cl]. The molecule has 0 aromatic rings. The van der Waals surface area contributed by atoms with Crippen LogP contribution in [0, 0.1) is 0 Å². The van der Waals surface area contributed by atoms with Gasteiger partial charge in [-0.15, -0.1) is 0 Å². The molecule has 0 aromatic carbocycles. The molecule has 0 bridgehead atoms. The van der Waals surface area contributed by atoms with Crippen LogP contribution in [0.15, 0.2) is 0 Å². The van der Waals surface area contributed by atoms with Gasteiger partial charge in [0.1, 0.15) is 0 Å². The van der Waals surface area contributed by atoms with Crippen molar-refractivity contribution < 1.29 is 14.7 Å². The fourth-order valence-electron chi connectivity index (χ4n) is 2.19. The summed E-state index contributed by atoms with van der Waals surface area (Å²) in [6.45, 7) is 7.03. The molecule has 0 atom stereocenters. The van der Waals surface area contributed by atoms with Crippen LogP contribution in [-0.2, 0) is 14.7 Å². The van der Waals surface area contributed by atoms with Crippen molar-refractivity contribution in [2.75, 3.05) is 13.1 Å². The van der Waals surface area contributed by atoms with Gasteiger partial charge in [0.05, 0.1) is 0 Å². The molecule has 0 unspecified atom stereocenters. The molecule has 1 nitrogen and oxygen atoms in total. The molecule has 0 aromatic heterocycles. The molecule has 21 heavy (non-hydrogen) atoms. The van der Waals surface area contributed by atoms with E-state index < -0.39 is 14.7 Å². The number of halogens is 3. The van der Waals surface area contributed by atoms with E-state index in [1.165, 1.54) is 90.1 Å². The summed E-state index contributed by atoms with van der Waals surface area (Å²) in [5.41, 5.74) is 0. The third-order valence-corrected chi connectivity index (χ3v) is 3.41. The minimum atomic E-state index is -1.92. The van der Waals surface area contributed by atoms with Crippen molar-refractivity contribution in [1.82, 2.24) is 5.32 Å². The van der Waals surface area contributed by atoms with E-state index in [0.29, 0.717) is 0 Å². The van der Waals surface area contributed by atoms with Gasteiger partial charge in [0.25, 0.3) is 0 Å². The molecular weight excluding hydrogens is 360 g/mol. The molecule has 0 saturated heterocycles. The molecule has 129 valence electrons. The average molecular weight is 396 g/mol. The zero-order valence-electron chi connectivity index (χ0n) is 14.0. The Labute approximate surface area is 151 Å². The Kier molecular flexibility index (Phi) is 28.1. The van der Waals surface area contributed by atoms with Crippen molar-refractivity contribution in [3.05, 3.63) is 0 Å². The van der Waals surface area contributed by atoms with Gasteiger partial charge in [-0.3, -0.25) is 0 Å². The zero-order valence-corrected chi connectivity index (χ0v) is 17.9. The summed E-state index contributed by atoms with van der Waals surface area (Å²) < 4.78 is 0. The van der Waals surface area contributed by atoms with Crippen molar-refractivity contribution >= 4 is 27.9 Å². The normalized spacial score (nSPS) is 10.1. The van der Waals surface area contributed by atoms with Crippen LogP contribution in [-0.4, -0.2) is 13.1 Å². The third kappa shape index (κ3) is 34.1. The quantitative estimate of drug-likeness (QED) is 0.239. The van der Waals surface area contributed by atoms with Crippen molar-refractivity contribution in [3.8, 4) is 0 Å². The second kappa shape index (κ2) is 23.8. The average Bonchev–Trinajstić information content (AvgIpc) is 2.43. The first kappa shape index (κ1) is 24.8. The van der Waals surface area contributed by atoms with Gasteiger partial charge in [0.2, 0.25) is 0 Å². The Hall–Kier alpha value is 1.54. The van der Waals surface area contributed by atoms with Crippen LogP contribution in [0.1, 0.15) is 90.9 Å². The summed E-state index contributed by atoms with van der Waals surface area (Å²) in [5.74, 6) is 0. The van der Waals surface area contributed by atoms with Crippen molar-refractivity contribution in [2.24, 2.45) is 0 Å². The zero-order chi connectivity index (χ0) is 16.2. The van der Waals surface area contributed by atoms with Gasteiger partial charge in [0, 0.05) is 0 Å². The van der Waals surface area contributed by atoms with E-state index in [-0.39, 0.29) is 0 Å². The number of nitrogens with one attached hydrogen (secondary N) is 1. The maximum absolute atomic E-state index is 4.97. The van der Waals surface area contributed by atoms with Crippen molar-refractivity contribution in [2.45, 2.75) is 90.9 Å². The van der Waals surface area contributed by atoms with Crippen LogP contribution < -0.4 is 5.32 Å². The molecule has 0 heterocycles. The minimum absolute atomic E-state index is 1.24. The summed E-state index contributed by atoms with van der Waals surface area (Å²) in [6.07, 6.45) is 16.9. The maximum atomic E-state index is 4.97. The van der Waals surface area contributed by atoms with Gasteiger partial charge >= 0.3 is 42.6 Å². The first-order chi connectivity index (χ1) is 10.1. The Morgan fingerprint density at radius 2 is 0.857 bits per heavy atom. The van der Waals surface area contributed by atoms with Gasteiger partial charge in [-0.1, -0.05) is 78.1 Å². The Morgan fingerprint density at radius 3 is 1.19 bits per heavy atom. The van der Waals surface area contributed by atoms with E-state index in [4.69, 9.17) is 27.9 Å². The van der Waals surface area contributed by atoms with Gasteiger partial charge in [-0.25, -0.2) is 0 Å². The molecule has 0 rings (SSSR count). The first-order valence-electron chi connectivity index (χ1n) is 8.69. The van der Waals surface area contributed by atoms with Crippen LogP contribution >= 0.6 is 27.9 Å². The summed E-state index contributed by atoms with van der Waals surface area (Å²) >= 11 is -1.92. The fourth-order valence-corrected chi connectivity index (χ4v) is 2.19. The van der Waals surface area contributed by atoms with E-state index in [0.717, 1.165) is 0 Å². The molecule has 0 radical (unpaired) electrons. The molecule has 0 amide bonds. The van der Waals surface area contributed by atoms with Crippen LogP contribution in [0.4, 0.5) is 0 Å². The predicted octanol–water partition coefficient (Wildman–Crippen LogP) is 7.36. The van der Waals surface area contributed by atoms with Crippen molar-refractivity contribution in [1.29, 1.82) is 0 Å². The second-order valence-corrected chi connectivity index (χ2v) is 13.2. The molecule has 0 aliphatic rings. The summed E-state index contributed by atoms with van der Waals surface area (Å²) in [4.78, 5) is 0. The third-order valence-electron chi connectivity index (χ3n) is 3.41.